The molecule has 0 radical (unpaired) electrons. The van der Waals surface area contributed by atoms with Gasteiger partial charge in [0.2, 0.25) is 0 Å². The maximum Gasteiger partial charge on any atom is 0.268 e. The van der Waals surface area contributed by atoms with Gasteiger partial charge in [-0.05, 0) is 29.3 Å². The number of nitrogens with one attached hydrogen (secondary N) is 1. The van der Waals surface area contributed by atoms with Crippen molar-refractivity contribution in [1.29, 1.82) is 0 Å². The molecule has 0 bridgehead atoms. The van der Waals surface area contributed by atoms with Gasteiger partial charge in [-0.1, -0.05) is 66.7 Å². The van der Waals surface area contributed by atoms with E-state index in [9.17, 15) is 9.59 Å². The third kappa shape index (κ3) is 4.14. The zero-order valence-corrected chi connectivity index (χ0v) is 19.2. The third-order valence-electron chi connectivity index (χ3n) is 6.17. The summed E-state index contributed by atoms with van der Waals surface area (Å²) in [6.45, 7) is 0.423. The molecule has 1 saturated heterocycles. The average Bonchev–Trinajstić information content (AvgIpc) is 3.47. The van der Waals surface area contributed by atoms with E-state index in [1.165, 1.54) is 0 Å². The van der Waals surface area contributed by atoms with E-state index in [0.717, 1.165) is 27.8 Å². The van der Waals surface area contributed by atoms with Crippen LogP contribution in [-0.2, 0) is 7.05 Å². The second-order valence-corrected chi connectivity index (χ2v) is 9.20. The first kappa shape index (κ1) is 21.3. The number of thioether (sulfide) groups is 1. The van der Waals surface area contributed by atoms with Crippen LogP contribution in [-0.4, -0.2) is 45.5 Å². The molecule has 166 valence electrons. The van der Waals surface area contributed by atoms with Crippen LogP contribution in [0.4, 0.5) is 0 Å². The zero-order valence-electron chi connectivity index (χ0n) is 18.4. The van der Waals surface area contributed by atoms with Crippen LogP contribution in [0.5, 0.6) is 0 Å². The van der Waals surface area contributed by atoms with Crippen LogP contribution in [0.25, 0.3) is 22.0 Å². The highest BCUT2D eigenvalue weighted by Crippen LogP contribution is 2.28. The lowest BCUT2D eigenvalue weighted by Crippen LogP contribution is -2.44. The molecule has 1 aromatic heterocycles. The molecule has 1 N–H and O–H groups in total. The predicted octanol–water partition coefficient (Wildman–Crippen LogP) is 4.79. The normalized spacial score (nSPS) is 15.7. The van der Waals surface area contributed by atoms with E-state index in [0.29, 0.717) is 23.7 Å². The van der Waals surface area contributed by atoms with Crippen LogP contribution in [0, 0.1) is 0 Å². The largest absolute Gasteiger partial charge is 0.349 e. The highest BCUT2D eigenvalue weighted by Gasteiger charge is 2.31. The van der Waals surface area contributed by atoms with Crippen molar-refractivity contribution in [3.05, 3.63) is 96.2 Å². The van der Waals surface area contributed by atoms with Gasteiger partial charge in [0.1, 0.15) is 5.69 Å². The van der Waals surface area contributed by atoms with Crippen molar-refractivity contribution in [3.63, 3.8) is 0 Å². The molecule has 5 nitrogen and oxygen atoms in total. The quantitative estimate of drug-likeness (QED) is 0.471. The van der Waals surface area contributed by atoms with E-state index in [2.05, 4.69) is 5.32 Å². The average molecular weight is 456 g/mol. The molecule has 1 fully saturated rings. The molecule has 6 heteroatoms. The Morgan fingerprint density at radius 3 is 2.52 bits per heavy atom. The number of fused-ring (bicyclic) bond motifs is 1. The molecule has 0 unspecified atom stereocenters. The van der Waals surface area contributed by atoms with Gasteiger partial charge in [-0.3, -0.25) is 9.59 Å². The molecule has 2 heterocycles. The molecule has 33 heavy (non-hydrogen) atoms. The van der Waals surface area contributed by atoms with Crippen LogP contribution in [0.3, 0.4) is 0 Å². The van der Waals surface area contributed by atoms with Gasteiger partial charge >= 0.3 is 0 Å². The van der Waals surface area contributed by atoms with Crippen molar-refractivity contribution in [2.45, 2.75) is 6.04 Å². The van der Waals surface area contributed by atoms with Crippen molar-refractivity contribution < 1.29 is 9.59 Å². The fourth-order valence-corrected chi connectivity index (χ4v) is 5.58. The van der Waals surface area contributed by atoms with Crippen LogP contribution in [0.2, 0.25) is 0 Å². The summed E-state index contributed by atoms with van der Waals surface area (Å²) in [4.78, 5) is 28.4. The second kappa shape index (κ2) is 9.16. The van der Waals surface area contributed by atoms with E-state index in [-0.39, 0.29) is 17.9 Å². The van der Waals surface area contributed by atoms with Gasteiger partial charge in [0, 0.05) is 35.8 Å². The van der Waals surface area contributed by atoms with Crippen LogP contribution in [0.15, 0.2) is 84.9 Å². The monoisotopic (exact) mass is 455 g/mol. The van der Waals surface area contributed by atoms with E-state index >= 15 is 0 Å². The summed E-state index contributed by atoms with van der Waals surface area (Å²) in [5, 5.41) is 4.10. The minimum atomic E-state index is -0.123. The molecule has 5 rings (SSSR count). The Bertz CT molecular complexity index is 1320. The summed E-state index contributed by atoms with van der Waals surface area (Å²) in [6.07, 6.45) is 0. The molecular weight excluding hydrogens is 430 g/mol. The first-order valence-corrected chi connectivity index (χ1v) is 12.1. The number of para-hydroxylation sites is 1. The number of aromatic nitrogens is 1. The van der Waals surface area contributed by atoms with Gasteiger partial charge < -0.3 is 14.8 Å². The Balaban J connectivity index is 1.32. The summed E-state index contributed by atoms with van der Waals surface area (Å²) in [7, 11) is 1.90. The smallest absolute Gasteiger partial charge is 0.268 e. The van der Waals surface area contributed by atoms with E-state index < -0.39 is 0 Å². The summed E-state index contributed by atoms with van der Waals surface area (Å²) in [5.41, 5.74) is 4.28. The van der Waals surface area contributed by atoms with Gasteiger partial charge in [-0.15, -0.1) is 11.8 Å². The van der Waals surface area contributed by atoms with Gasteiger partial charge in [-0.25, -0.2) is 0 Å². The van der Waals surface area contributed by atoms with Crippen molar-refractivity contribution in [2.24, 2.45) is 7.05 Å². The number of carbonyl (C=O) groups is 2. The molecule has 1 atom stereocenters. The lowest BCUT2D eigenvalue weighted by Gasteiger charge is -2.25. The first-order valence-electron chi connectivity index (χ1n) is 11.0. The number of carbonyl (C=O) groups excluding carboxylic acids is 2. The second-order valence-electron chi connectivity index (χ2n) is 8.20. The first-order chi connectivity index (χ1) is 16.1. The SMILES string of the molecule is Cn1c(C(=O)NC[C@@H]2CSCN2C(=O)c2ccccc2-c2ccccc2)cc2ccccc21. The lowest BCUT2D eigenvalue weighted by molar-refractivity contribution is 0.0736. The highest BCUT2D eigenvalue weighted by atomic mass is 32.2. The van der Waals surface area contributed by atoms with Crippen LogP contribution >= 0.6 is 11.8 Å². The van der Waals surface area contributed by atoms with Crippen molar-refractivity contribution in [3.8, 4) is 11.1 Å². The Morgan fingerprint density at radius 2 is 1.70 bits per heavy atom. The number of amides is 2. The number of hydrogen-bond acceptors (Lipinski definition) is 3. The molecular formula is C27H25N3O2S. The Morgan fingerprint density at radius 1 is 0.970 bits per heavy atom. The van der Waals surface area contributed by atoms with Crippen LogP contribution < -0.4 is 5.32 Å². The maximum atomic E-state index is 13.5. The van der Waals surface area contributed by atoms with E-state index in [4.69, 9.17) is 0 Å². The Hall–Kier alpha value is -3.51. The van der Waals surface area contributed by atoms with E-state index in [1.54, 1.807) is 11.8 Å². The van der Waals surface area contributed by atoms with Crippen molar-refractivity contribution in [1.82, 2.24) is 14.8 Å². The summed E-state index contributed by atoms with van der Waals surface area (Å²) < 4.78 is 1.91. The fraction of sp³-hybridized carbons (Fsp3) is 0.185. The fourth-order valence-electron chi connectivity index (χ4n) is 4.38. The Kier molecular flexibility index (Phi) is 5.92. The standard InChI is InChI=1S/C27H25N3O2S/c1-29-24-14-8-5-11-20(24)15-25(29)26(31)28-16-21-17-33-18-30(21)27(32)23-13-7-6-12-22(23)19-9-3-2-4-10-19/h2-15,21H,16-18H2,1H3,(H,28,31)/t21-/m1/s1. The number of benzene rings is 3. The van der Waals surface area contributed by atoms with Gasteiger partial charge in [0.05, 0.1) is 11.9 Å². The molecule has 0 spiro atoms. The van der Waals surface area contributed by atoms with Gasteiger partial charge in [0.15, 0.2) is 0 Å². The minimum Gasteiger partial charge on any atom is -0.349 e. The summed E-state index contributed by atoms with van der Waals surface area (Å²) in [6, 6.07) is 27.5. The molecule has 3 aromatic carbocycles. The molecule has 0 aliphatic carbocycles. The number of aryl methyl sites for hydroxylation is 1. The number of nitrogens with zero attached hydrogens (tertiary/aromatic N) is 2. The molecule has 4 aromatic rings. The zero-order chi connectivity index (χ0) is 22.8. The maximum absolute atomic E-state index is 13.5. The highest BCUT2D eigenvalue weighted by molar-refractivity contribution is 7.99. The van der Waals surface area contributed by atoms with Crippen molar-refractivity contribution in [2.75, 3.05) is 18.2 Å². The number of rotatable bonds is 5. The topological polar surface area (TPSA) is 54.3 Å². The molecule has 1 aliphatic heterocycles. The van der Waals surface area contributed by atoms with Crippen LogP contribution in [0.1, 0.15) is 20.8 Å². The van der Waals surface area contributed by atoms with Gasteiger partial charge in [-0.2, -0.15) is 0 Å². The number of hydrogen-bond donors (Lipinski definition) is 1. The third-order valence-corrected chi connectivity index (χ3v) is 7.25. The summed E-state index contributed by atoms with van der Waals surface area (Å²) >= 11 is 1.72. The molecule has 2 amide bonds. The van der Waals surface area contributed by atoms with E-state index in [1.807, 2.05) is 101 Å². The van der Waals surface area contributed by atoms with Crippen molar-refractivity contribution >= 4 is 34.5 Å². The Labute approximate surface area is 197 Å². The van der Waals surface area contributed by atoms with Gasteiger partial charge in [0.25, 0.3) is 11.8 Å². The minimum absolute atomic E-state index is 0.00306. The predicted molar refractivity (Wildman–Crippen MR) is 134 cm³/mol. The summed E-state index contributed by atoms with van der Waals surface area (Å²) in [5.74, 6) is 1.30. The molecule has 0 saturated carbocycles. The lowest BCUT2D eigenvalue weighted by atomic mass is 9.98. The molecule has 1 aliphatic rings.